The minimum Gasteiger partial charge on any atom is -0.466 e. The fourth-order valence-corrected chi connectivity index (χ4v) is 2.42. The van der Waals surface area contributed by atoms with Crippen LogP contribution in [0.1, 0.15) is 31.7 Å². The summed E-state index contributed by atoms with van der Waals surface area (Å²) in [7, 11) is 0. The van der Waals surface area contributed by atoms with E-state index in [0.717, 1.165) is 18.4 Å². The van der Waals surface area contributed by atoms with Gasteiger partial charge in [-0.15, -0.1) is 0 Å². The molecule has 0 unspecified atom stereocenters. The molecule has 0 amide bonds. The van der Waals surface area contributed by atoms with Crippen LogP contribution in [-0.4, -0.2) is 85.3 Å². The van der Waals surface area contributed by atoms with Crippen molar-refractivity contribution in [2.24, 2.45) is 0 Å². The maximum absolute atomic E-state index is 11.4. The summed E-state index contributed by atoms with van der Waals surface area (Å²) in [6.07, 6.45) is 2.19. The predicted molar refractivity (Wildman–Crippen MR) is 121 cm³/mol. The first-order valence-electron chi connectivity index (χ1n) is 11.5. The number of carbonyl (C=O) groups is 1. The van der Waals surface area contributed by atoms with Gasteiger partial charge in [-0.25, -0.2) is 0 Å². The number of benzene rings is 1. The molecule has 0 saturated carbocycles. The van der Waals surface area contributed by atoms with Crippen molar-refractivity contribution in [3.8, 4) is 0 Å². The average molecular weight is 457 g/mol. The first-order valence-corrected chi connectivity index (χ1v) is 11.5. The summed E-state index contributed by atoms with van der Waals surface area (Å²) in [4.78, 5) is 11.4. The molecule has 8 nitrogen and oxygen atoms in total. The zero-order valence-corrected chi connectivity index (χ0v) is 19.5. The lowest BCUT2D eigenvalue weighted by Gasteiger charge is -2.08. The number of hydrogen-bond acceptors (Lipinski definition) is 8. The lowest BCUT2D eigenvalue weighted by Crippen LogP contribution is -2.14. The van der Waals surface area contributed by atoms with E-state index in [-0.39, 0.29) is 12.4 Å². The van der Waals surface area contributed by atoms with Crippen LogP contribution in [-0.2, 0) is 44.6 Å². The molecule has 0 spiro atoms. The van der Waals surface area contributed by atoms with E-state index in [2.05, 4.69) is 6.92 Å². The lowest BCUT2D eigenvalue weighted by atomic mass is 10.2. The van der Waals surface area contributed by atoms with Crippen LogP contribution in [0.25, 0.3) is 0 Å². The number of rotatable bonds is 23. The quantitative estimate of drug-likeness (QED) is 0.184. The van der Waals surface area contributed by atoms with Crippen LogP contribution in [0.4, 0.5) is 0 Å². The van der Waals surface area contributed by atoms with Crippen LogP contribution in [0.15, 0.2) is 30.3 Å². The van der Waals surface area contributed by atoms with Crippen LogP contribution in [0, 0.1) is 0 Å². The van der Waals surface area contributed by atoms with Crippen molar-refractivity contribution in [3.63, 3.8) is 0 Å². The zero-order chi connectivity index (χ0) is 23.0. The van der Waals surface area contributed by atoms with Gasteiger partial charge in [0, 0.05) is 0 Å². The number of ether oxygens (including phenoxy) is 7. The van der Waals surface area contributed by atoms with E-state index in [1.807, 2.05) is 30.3 Å². The number of hydrogen-bond donors (Lipinski definition) is 0. The molecule has 0 heterocycles. The molecule has 32 heavy (non-hydrogen) atoms. The third-order valence-electron chi connectivity index (χ3n) is 4.18. The molecule has 8 heteroatoms. The third-order valence-corrected chi connectivity index (χ3v) is 4.18. The normalized spacial score (nSPS) is 11.0. The minimum absolute atomic E-state index is 0.214. The Labute approximate surface area is 192 Å². The maximum Gasteiger partial charge on any atom is 0.308 e. The Kier molecular flexibility index (Phi) is 20.1. The maximum atomic E-state index is 11.4. The summed E-state index contributed by atoms with van der Waals surface area (Å²) in [6, 6.07) is 10.1. The van der Waals surface area contributed by atoms with Gasteiger partial charge in [-0.3, -0.25) is 4.79 Å². The first-order chi connectivity index (χ1) is 15.8. The molecular weight excluding hydrogens is 416 g/mol. The van der Waals surface area contributed by atoms with Gasteiger partial charge in [-0.2, -0.15) is 0 Å². The van der Waals surface area contributed by atoms with Crippen molar-refractivity contribution in [3.05, 3.63) is 35.9 Å². The van der Waals surface area contributed by atoms with E-state index in [9.17, 15) is 4.79 Å². The largest absolute Gasteiger partial charge is 0.466 e. The Morgan fingerprint density at radius 1 is 0.625 bits per heavy atom. The zero-order valence-electron chi connectivity index (χ0n) is 19.5. The van der Waals surface area contributed by atoms with Crippen molar-refractivity contribution in [2.75, 3.05) is 79.3 Å². The molecule has 1 aromatic carbocycles. The van der Waals surface area contributed by atoms with Crippen molar-refractivity contribution in [2.45, 2.75) is 32.8 Å². The Balaban J connectivity index is 1.68. The molecule has 0 saturated heterocycles. The van der Waals surface area contributed by atoms with Crippen molar-refractivity contribution < 1.29 is 38.0 Å². The SMILES string of the molecule is CCCCOC(=O)CCOCCOCCOCCOCCOCCOCc1ccccc1. The summed E-state index contributed by atoms with van der Waals surface area (Å²) in [5.74, 6) is -0.214. The van der Waals surface area contributed by atoms with Crippen LogP contribution in [0.3, 0.4) is 0 Å². The van der Waals surface area contributed by atoms with Gasteiger partial charge in [0.25, 0.3) is 0 Å². The molecule has 0 bridgehead atoms. The molecule has 1 rings (SSSR count). The van der Waals surface area contributed by atoms with E-state index in [4.69, 9.17) is 33.2 Å². The standard InChI is InChI=1S/C24H40O8/c1-2-3-10-32-24(25)9-11-26-12-13-27-14-15-28-16-17-29-18-19-30-20-21-31-22-23-7-5-4-6-8-23/h4-8H,2-3,9-22H2,1H3. The molecule has 0 N–H and O–H groups in total. The third kappa shape index (κ3) is 19.2. The molecule has 0 radical (unpaired) electrons. The summed E-state index contributed by atoms with van der Waals surface area (Å²) in [5, 5.41) is 0. The highest BCUT2D eigenvalue weighted by molar-refractivity contribution is 5.69. The van der Waals surface area contributed by atoms with Gasteiger partial charge >= 0.3 is 5.97 Å². The van der Waals surface area contributed by atoms with Gasteiger partial charge in [0.2, 0.25) is 0 Å². The van der Waals surface area contributed by atoms with Crippen LogP contribution >= 0.6 is 0 Å². The van der Waals surface area contributed by atoms with E-state index >= 15 is 0 Å². The van der Waals surface area contributed by atoms with Gasteiger partial charge in [0.15, 0.2) is 0 Å². The number of unbranched alkanes of at least 4 members (excludes halogenated alkanes) is 1. The van der Waals surface area contributed by atoms with Gasteiger partial charge in [-0.05, 0) is 12.0 Å². The topological polar surface area (TPSA) is 81.7 Å². The summed E-state index contributed by atoms with van der Waals surface area (Å²) < 4.78 is 37.6. The molecule has 0 aliphatic heterocycles. The molecule has 0 aliphatic carbocycles. The Morgan fingerprint density at radius 3 is 1.59 bits per heavy atom. The molecule has 0 aliphatic rings. The van der Waals surface area contributed by atoms with Crippen molar-refractivity contribution >= 4 is 5.97 Å². The number of carbonyl (C=O) groups excluding carboxylic acids is 1. The predicted octanol–water partition coefficient (Wildman–Crippen LogP) is 3.02. The van der Waals surface area contributed by atoms with E-state index < -0.39 is 0 Å². The second-order valence-electron chi connectivity index (χ2n) is 6.92. The minimum atomic E-state index is -0.214. The monoisotopic (exact) mass is 456 g/mol. The lowest BCUT2D eigenvalue weighted by molar-refractivity contribution is -0.145. The van der Waals surface area contributed by atoms with E-state index in [0.29, 0.717) is 85.9 Å². The molecule has 0 aromatic heterocycles. The van der Waals surface area contributed by atoms with Crippen molar-refractivity contribution in [1.29, 1.82) is 0 Å². The van der Waals surface area contributed by atoms with Gasteiger partial charge in [0.05, 0.1) is 92.3 Å². The van der Waals surface area contributed by atoms with Crippen LogP contribution in [0.5, 0.6) is 0 Å². The molecule has 0 fully saturated rings. The average Bonchev–Trinajstić information content (AvgIpc) is 2.81. The van der Waals surface area contributed by atoms with Gasteiger partial charge in [0.1, 0.15) is 0 Å². The Morgan fingerprint density at radius 2 is 1.09 bits per heavy atom. The highest BCUT2D eigenvalue weighted by Crippen LogP contribution is 2.00. The van der Waals surface area contributed by atoms with Crippen molar-refractivity contribution in [1.82, 2.24) is 0 Å². The van der Waals surface area contributed by atoms with Crippen LogP contribution in [0.2, 0.25) is 0 Å². The highest BCUT2D eigenvalue weighted by atomic mass is 16.6. The molecule has 1 aromatic rings. The molecular formula is C24H40O8. The first kappa shape index (κ1) is 28.5. The summed E-state index contributed by atoms with van der Waals surface area (Å²) in [5.41, 5.74) is 1.16. The second-order valence-corrected chi connectivity index (χ2v) is 6.92. The summed E-state index contributed by atoms with van der Waals surface area (Å²) in [6.45, 7) is 8.63. The Bertz CT molecular complexity index is 526. The molecule has 184 valence electrons. The second kappa shape index (κ2) is 22.6. The number of esters is 1. The Hall–Kier alpha value is -1.55. The fraction of sp³-hybridized carbons (Fsp3) is 0.708. The molecule has 0 atom stereocenters. The highest BCUT2D eigenvalue weighted by Gasteiger charge is 2.02. The van der Waals surface area contributed by atoms with E-state index in [1.54, 1.807) is 0 Å². The van der Waals surface area contributed by atoms with Crippen LogP contribution < -0.4 is 0 Å². The van der Waals surface area contributed by atoms with Gasteiger partial charge < -0.3 is 33.2 Å². The fourth-order valence-electron chi connectivity index (χ4n) is 2.42. The van der Waals surface area contributed by atoms with E-state index in [1.165, 1.54) is 0 Å². The smallest absolute Gasteiger partial charge is 0.308 e. The van der Waals surface area contributed by atoms with Gasteiger partial charge in [-0.1, -0.05) is 43.7 Å². The summed E-state index contributed by atoms with van der Waals surface area (Å²) >= 11 is 0.